The van der Waals surface area contributed by atoms with Crippen molar-refractivity contribution in [2.75, 3.05) is 37.6 Å². The lowest BCUT2D eigenvalue weighted by Crippen LogP contribution is -2.46. The first kappa shape index (κ1) is 22.1. The molecule has 4 rings (SSSR count). The summed E-state index contributed by atoms with van der Waals surface area (Å²) in [6.07, 6.45) is 4.39. The van der Waals surface area contributed by atoms with Crippen LogP contribution in [0.5, 0.6) is 0 Å². The Balaban J connectivity index is 1.30. The number of benzene rings is 1. The molecule has 0 spiro atoms. The molecule has 1 saturated heterocycles. The molecule has 0 unspecified atom stereocenters. The minimum Gasteiger partial charge on any atom is -0.475 e. The van der Waals surface area contributed by atoms with E-state index in [2.05, 4.69) is 51.2 Å². The Morgan fingerprint density at radius 2 is 1.91 bits per heavy atom. The maximum absolute atomic E-state index is 11.0. The van der Waals surface area contributed by atoms with Gasteiger partial charge in [-0.1, -0.05) is 54.2 Å². The van der Waals surface area contributed by atoms with Gasteiger partial charge in [-0.25, -0.2) is 14.8 Å². The third-order valence-electron chi connectivity index (χ3n) is 5.21. The van der Waals surface area contributed by atoms with Crippen LogP contribution in [0.3, 0.4) is 0 Å². The summed E-state index contributed by atoms with van der Waals surface area (Å²) in [7, 11) is 0. The molecule has 0 atom stereocenters. The van der Waals surface area contributed by atoms with Crippen LogP contribution in [0.1, 0.15) is 27.6 Å². The number of carbonyl (C=O) groups is 1. The highest BCUT2D eigenvalue weighted by Crippen LogP contribution is 2.24. The Morgan fingerprint density at radius 3 is 2.62 bits per heavy atom. The molecule has 3 heterocycles. The van der Waals surface area contributed by atoms with Crippen LogP contribution in [0, 0.1) is 6.92 Å². The van der Waals surface area contributed by atoms with E-state index in [1.165, 1.54) is 23.4 Å². The SMILES string of the molecule is Cc1cc(N2CCN(C/C=C/c3ccccc3)CC2)nc(SCc2ccc(C(=O)O)o2)n1. The van der Waals surface area contributed by atoms with Crippen molar-refractivity contribution < 1.29 is 14.3 Å². The highest BCUT2D eigenvalue weighted by Gasteiger charge is 2.18. The van der Waals surface area contributed by atoms with Crippen LogP contribution in [-0.4, -0.2) is 58.7 Å². The zero-order valence-electron chi connectivity index (χ0n) is 18.0. The van der Waals surface area contributed by atoms with Gasteiger partial charge in [0.15, 0.2) is 5.16 Å². The lowest BCUT2D eigenvalue weighted by Gasteiger charge is -2.35. The largest absolute Gasteiger partial charge is 0.475 e. The predicted octanol–water partition coefficient (Wildman–Crippen LogP) is 4.20. The summed E-state index contributed by atoms with van der Waals surface area (Å²) in [5.41, 5.74) is 2.14. The smallest absolute Gasteiger partial charge is 0.371 e. The van der Waals surface area contributed by atoms with Crippen LogP contribution in [0.15, 0.2) is 64.2 Å². The van der Waals surface area contributed by atoms with Crippen molar-refractivity contribution in [3.05, 3.63) is 77.4 Å². The maximum atomic E-state index is 11.0. The van der Waals surface area contributed by atoms with Gasteiger partial charge in [0.05, 0.1) is 5.75 Å². The molecule has 1 N–H and O–H groups in total. The Bertz CT molecular complexity index is 1080. The van der Waals surface area contributed by atoms with Crippen molar-refractivity contribution in [1.29, 1.82) is 0 Å². The number of aromatic carboxylic acids is 1. The highest BCUT2D eigenvalue weighted by molar-refractivity contribution is 7.98. The predicted molar refractivity (Wildman–Crippen MR) is 126 cm³/mol. The zero-order chi connectivity index (χ0) is 22.3. The van der Waals surface area contributed by atoms with E-state index >= 15 is 0 Å². The van der Waals surface area contributed by atoms with E-state index in [4.69, 9.17) is 14.5 Å². The van der Waals surface area contributed by atoms with E-state index in [1.807, 2.05) is 19.1 Å². The molecule has 3 aromatic rings. The van der Waals surface area contributed by atoms with Crippen molar-refractivity contribution in [2.24, 2.45) is 0 Å². The first-order valence-corrected chi connectivity index (χ1v) is 11.5. The maximum Gasteiger partial charge on any atom is 0.371 e. The first-order chi connectivity index (χ1) is 15.6. The summed E-state index contributed by atoms with van der Waals surface area (Å²) in [4.78, 5) is 24.9. The van der Waals surface area contributed by atoms with Crippen LogP contribution >= 0.6 is 11.8 Å². The van der Waals surface area contributed by atoms with E-state index in [9.17, 15) is 4.79 Å². The van der Waals surface area contributed by atoms with Crippen LogP contribution in [0.2, 0.25) is 0 Å². The van der Waals surface area contributed by atoms with Crippen molar-refractivity contribution >= 4 is 29.6 Å². The van der Waals surface area contributed by atoms with Gasteiger partial charge in [0.2, 0.25) is 5.76 Å². The summed E-state index contributed by atoms with van der Waals surface area (Å²) < 4.78 is 5.32. The molecule has 1 aromatic carbocycles. The van der Waals surface area contributed by atoms with E-state index in [-0.39, 0.29) is 5.76 Å². The number of carboxylic acids is 1. The number of aryl methyl sites for hydroxylation is 1. The summed E-state index contributed by atoms with van der Waals surface area (Å²) in [6, 6.07) is 15.5. The molecule has 0 bridgehead atoms. The van der Waals surface area contributed by atoms with Crippen LogP contribution in [-0.2, 0) is 5.75 Å². The number of anilines is 1. The fourth-order valence-corrected chi connectivity index (χ4v) is 4.31. The molecule has 7 nitrogen and oxygen atoms in total. The van der Waals surface area contributed by atoms with Crippen molar-refractivity contribution in [3.8, 4) is 0 Å². The summed E-state index contributed by atoms with van der Waals surface area (Å²) in [5, 5.41) is 9.65. The lowest BCUT2D eigenvalue weighted by atomic mass is 10.2. The third kappa shape index (κ3) is 5.99. The average molecular weight is 451 g/mol. The number of nitrogens with zero attached hydrogens (tertiary/aromatic N) is 4. The monoisotopic (exact) mass is 450 g/mol. The first-order valence-electron chi connectivity index (χ1n) is 10.6. The Hall–Kier alpha value is -3.10. The van der Waals surface area contributed by atoms with Crippen molar-refractivity contribution in [3.63, 3.8) is 0 Å². The second-order valence-corrected chi connectivity index (χ2v) is 8.55. The van der Waals surface area contributed by atoms with Gasteiger partial charge in [0.1, 0.15) is 11.6 Å². The minimum absolute atomic E-state index is 0.0528. The molecular formula is C24H26N4O3S. The number of piperazine rings is 1. The van der Waals surface area contributed by atoms with Crippen LogP contribution in [0.25, 0.3) is 6.08 Å². The number of aromatic nitrogens is 2. The molecule has 8 heteroatoms. The molecule has 0 amide bonds. The normalized spacial score (nSPS) is 14.8. The number of hydrogen-bond acceptors (Lipinski definition) is 7. The zero-order valence-corrected chi connectivity index (χ0v) is 18.8. The average Bonchev–Trinajstić information content (AvgIpc) is 3.28. The third-order valence-corrected chi connectivity index (χ3v) is 6.08. The molecular weight excluding hydrogens is 424 g/mol. The van der Waals surface area contributed by atoms with Gasteiger partial charge in [-0.15, -0.1) is 0 Å². The molecule has 0 aliphatic carbocycles. The summed E-state index contributed by atoms with van der Waals surface area (Å²) in [6.45, 7) is 6.70. The van der Waals surface area contributed by atoms with Crippen LogP contribution < -0.4 is 4.90 Å². The quantitative estimate of drug-likeness (QED) is 0.404. The fraction of sp³-hybridized carbons (Fsp3) is 0.292. The van der Waals surface area contributed by atoms with Gasteiger partial charge in [-0.2, -0.15) is 0 Å². The molecule has 1 aliphatic rings. The van der Waals surface area contributed by atoms with Crippen LogP contribution in [0.4, 0.5) is 5.82 Å². The lowest BCUT2D eigenvalue weighted by molar-refractivity contribution is 0.0661. The number of carboxylic acid groups (broad SMARTS) is 1. The number of rotatable bonds is 8. The molecule has 166 valence electrons. The molecule has 1 aliphatic heterocycles. The van der Waals surface area contributed by atoms with Gasteiger partial charge in [0, 0.05) is 44.5 Å². The second kappa shape index (κ2) is 10.5. The Morgan fingerprint density at radius 1 is 1.12 bits per heavy atom. The molecule has 0 radical (unpaired) electrons. The number of furan rings is 1. The van der Waals surface area contributed by atoms with Crippen molar-refractivity contribution in [2.45, 2.75) is 17.8 Å². The Kier molecular flexibility index (Phi) is 7.24. The Labute approximate surface area is 191 Å². The summed E-state index contributed by atoms with van der Waals surface area (Å²) >= 11 is 1.45. The van der Waals surface area contributed by atoms with E-state index in [0.717, 1.165) is 44.2 Å². The van der Waals surface area contributed by atoms with Gasteiger partial charge in [-0.05, 0) is 24.6 Å². The van der Waals surface area contributed by atoms with Gasteiger partial charge in [-0.3, -0.25) is 4.90 Å². The molecule has 32 heavy (non-hydrogen) atoms. The molecule has 1 fully saturated rings. The number of thioether (sulfide) groups is 1. The highest BCUT2D eigenvalue weighted by atomic mass is 32.2. The molecule has 2 aromatic heterocycles. The van der Waals surface area contributed by atoms with Gasteiger partial charge in [0.25, 0.3) is 0 Å². The standard InChI is InChI=1S/C24H26N4O3S/c1-18-16-22(26-24(25-18)32-17-20-9-10-21(31-20)23(29)30)28-14-12-27(13-15-28)11-5-8-19-6-3-2-4-7-19/h2-10,16H,11-15,17H2,1H3,(H,29,30)/b8-5+. The van der Waals surface area contributed by atoms with Gasteiger partial charge < -0.3 is 14.4 Å². The molecule has 0 saturated carbocycles. The van der Waals surface area contributed by atoms with E-state index < -0.39 is 5.97 Å². The summed E-state index contributed by atoms with van der Waals surface area (Å²) in [5.74, 6) is 0.895. The fourth-order valence-electron chi connectivity index (χ4n) is 3.52. The van der Waals surface area contributed by atoms with E-state index in [1.54, 1.807) is 6.07 Å². The van der Waals surface area contributed by atoms with Gasteiger partial charge >= 0.3 is 5.97 Å². The second-order valence-electron chi connectivity index (χ2n) is 7.61. The topological polar surface area (TPSA) is 82.7 Å². The number of hydrogen-bond donors (Lipinski definition) is 1. The minimum atomic E-state index is -1.06. The van der Waals surface area contributed by atoms with E-state index in [0.29, 0.717) is 16.7 Å². The van der Waals surface area contributed by atoms with Crippen molar-refractivity contribution in [1.82, 2.24) is 14.9 Å².